The second kappa shape index (κ2) is 17.2. The first-order valence-electron chi connectivity index (χ1n) is 17.3. The standard InChI is InChI=1S/C38H36O21/c1-52-22-9-14(3-6-17(22)39)4-8-25(43)56-33-29(46)27(44)32(36(50)51)58-38(33)59-34-30(47)28(45)31(35(48)49)57-37(34)54-16-11-19(41)26-20(42)13-21(55-24(26)12-16)15-5-7-18(40)23(10-15)53-2/h3-13,27-34,37-41,44-47H,1-2H3,(H,48,49)(H,50,51). The van der Waals surface area contributed by atoms with Crippen molar-refractivity contribution in [2.45, 2.75) is 61.4 Å². The second-order valence-corrected chi connectivity index (χ2v) is 13.1. The molecule has 10 atom stereocenters. The number of hydrogen-bond donors (Lipinski definition) is 9. The number of aliphatic carboxylic acids is 2. The summed E-state index contributed by atoms with van der Waals surface area (Å²) in [5.41, 5.74) is -0.420. The van der Waals surface area contributed by atoms with Crippen molar-refractivity contribution in [3.8, 4) is 45.8 Å². The average Bonchev–Trinajstić information content (AvgIpc) is 3.19. The number of carboxylic acids is 2. The molecule has 0 saturated carbocycles. The summed E-state index contributed by atoms with van der Waals surface area (Å²) in [4.78, 5) is 50.2. The number of aliphatic hydroxyl groups excluding tert-OH is 4. The van der Waals surface area contributed by atoms with Crippen molar-refractivity contribution in [3.05, 3.63) is 76.5 Å². The van der Waals surface area contributed by atoms with Crippen LogP contribution in [0.25, 0.3) is 28.4 Å². The molecule has 21 heteroatoms. The molecule has 2 fully saturated rings. The maximum Gasteiger partial charge on any atom is 0.335 e. The minimum atomic E-state index is -2.27. The summed E-state index contributed by atoms with van der Waals surface area (Å²) >= 11 is 0. The van der Waals surface area contributed by atoms with E-state index in [1.807, 2.05) is 0 Å². The van der Waals surface area contributed by atoms with Gasteiger partial charge in [0, 0.05) is 29.8 Å². The Morgan fingerprint density at radius 1 is 0.695 bits per heavy atom. The van der Waals surface area contributed by atoms with Gasteiger partial charge in [-0.15, -0.1) is 0 Å². The lowest BCUT2D eigenvalue weighted by molar-refractivity contribution is -0.350. The highest BCUT2D eigenvalue weighted by molar-refractivity contribution is 5.88. The molecule has 3 aromatic carbocycles. The molecule has 2 aliphatic rings. The number of benzene rings is 3. The first-order chi connectivity index (χ1) is 28.0. The largest absolute Gasteiger partial charge is 0.507 e. The number of esters is 1. The molecule has 0 amide bonds. The van der Waals surface area contributed by atoms with Crippen LogP contribution in [0.3, 0.4) is 0 Å². The topological polar surface area (TPSA) is 328 Å². The van der Waals surface area contributed by atoms with Crippen molar-refractivity contribution in [2.75, 3.05) is 14.2 Å². The van der Waals surface area contributed by atoms with Gasteiger partial charge in [0.1, 0.15) is 52.6 Å². The van der Waals surface area contributed by atoms with Gasteiger partial charge < -0.3 is 83.5 Å². The number of ether oxygens (including phenoxy) is 7. The van der Waals surface area contributed by atoms with Gasteiger partial charge in [0.25, 0.3) is 0 Å². The van der Waals surface area contributed by atoms with E-state index in [1.54, 1.807) is 0 Å². The molecular weight excluding hydrogens is 792 g/mol. The number of hydrogen-bond acceptors (Lipinski definition) is 19. The SMILES string of the molecule is COc1cc(C=CC(=O)OC2C(OC3C(Oc4cc(O)c5c(=O)cc(-c6ccc(O)c(OC)c6)oc5c4)OC(C(=O)O)C(O)C3O)OC(C(=O)O)C(O)C2O)ccc1O. The van der Waals surface area contributed by atoms with E-state index in [9.17, 15) is 65.1 Å². The van der Waals surface area contributed by atoms with Crippen LogP contribution in [0.15, 0.2) is 69.9 Å². The lowest BCUT2D eigenvalue weighted by Gasteiger charge is -2.45. The summed E-state index contributed by atoms with van der Waals surface area (Å²) in [6, 6.07) is 11.1. The van der Waals surface area contributed by atoms with Gasteiger partial charge in [-0.25, -0.2) is 14.4 Å². The molecule has 0 aliphatic carbocycles. The minimum Gasteiger partial charge on any atom is -0.507 e. The zero-order valence-corrected chi connectivity index (χ0v) is 30.5. The van der Waals surface area contributed by atoms with Gasteiger partial charge in [0.15, 0.2) is 59.1 Å². The zero-order chi connectivity index (χ0) is 42.9. The van der Waals surface area contributed by atoms with Crippen LogP contribution in [0.2, 0.25) is 0 Å². The van der Waals surface area contributed by atoms with Crippen LogP contribution in [-0.2, 0) is 33.3 Å². The number of carbonyl (C=O) groups excluding carboxylic acids is 1. The van der Waals surface area contributed by atoms with Gasteiger partial charge in [-0.3, -0.25) is 4.79 Å². The summed E-state index contributed by atoms with van der Waals surface area (Å²) in [7, 11) is 2.59. The molecular formula is C38H36O21. The van der Waals surface area contributed by atoms with Crippen molar-refractivity contribution in [3.63, 3.8) is 0 Å². The zero-order valence-electron chi connectivity index (χ0n) is 30.5. The van der Waals surface area contributed by atoms with Crippen molar-refractivity contribution in [1.82, 2.24) is 0 Å². The number of aromatic hydroxyl groups is 3. The second-order valence-electron chi connectivity index (χ2n) is 13.1. The highest BCUT2D eigenvalue weighted by atomic mass is 16.8. The van der Waals surface area contributed by atoms with Gasteiger partial charge in [-0.2, -0.15) is 0 Å². The third-order valence-electron chi connectivity index (χ3n) is 9.24. The van der Waals surface area contributed by atoms with Crippen LogP contribution in [0.4, 0.5) is 0 Å². The van der Waals surface area contributed by atoms with E-state index >= 15 is 0 Å². The monoisotopic (exact) mass is 828 g/mol. The summed E-state index contributed by atoms with van der Waals surface area (Å²) in [5.74, 6) is -6.27. The summed E-state index contributed by atoms with van der Waals surface area (Å²) in [6.07, 6.45) is -19.8. The van der Waals surface area contributed by atoms with Crippen LogP contribution in [0.1, 0.15) is 5.56 Å². The Kier molecular flexibility index (Phi) is 12.3. The Balaban J connectivity index is 1.33. The lowest BCUT2D eigenvalue weighted by atomic mass is 9.96. The van der Waals surface area contributed by atoms with Crippen LogP contribution >= 0.6 is 0 Å². The van der Waals surface area contributed by atoms with Gasteiger partial charge >= 0.3 is 17.9 Å². The van der Waals surface area contributed by atoms with Gasteiger partial charge in [-0.1, -0.05) is 6.07 Å². The summed E-state index contributed by atoms with van der Waals surface area (Å²) < 4.78 is 43.7. The first kappa shape index (κ1) is 42.2. The van der Waals surface area contributed by atoms with Gasteiger partial charge in [-0.05, 0) is 42.0 Å². The number of phenols is 3. The van der Waals surface area contributed by atoms with Crippen LogP contribution < -0.4 is 19.6 Å². The number of methoxy groups -OCH3 is 2. The first-order valence-corrected chi connectivity index (χ1v) is 17.3. The molecule has 0 spiro atoms. The van der Waals surface area contributed by atoms with E-state index in [1.165, 1.54) is 56.7 Å². The van der Waals surface area contributed by atoms with E-state index in [-0.39, 0.29) is 45.3 Å². The normalized spacial score (nSPS) is 26.9. The Hall–Kier alpha value is -6.46. The molecule has 2 aliphatic heterocycles. The highest BCUT2D eigenvalue weighted by Gasteiger charge is 2.55. The van der Waals surface area contributed by atoms with Gasteiger partial charge in [0.05, 0.1) is 14.2 Å². The molecule has 21 nitrogen and oxygen atoms in total. The van der Waals surface area contributed by atoms with Crippen molar-refractivity contribution >= 4 is 35.0 Å². The third-order valence-corrected chi connectivity index (χ3v) is 9.24. The number of rotatable bonds is 12. The number of phenolic OH excluding ortho intramolecular Hbond substituents is 3. The number of carboxylic acid groups (broad SMARTS) is 2. The molecule has 59 heavy (non-hydrogen) atoms. The van der Waals surface area contributed by atoms with Crippen LogP contribution in [0.5, 0.6) is 34.5 Å². The Labute approximate surface area is 330 Å². The number of carbonyl (C=O) groups is 3. The van der Waals surface area contributed by atoms with Gasteiger partial charge in [0.2, 0.25) is 6.29 Å². The number of fused-ring (bicyclic) bond motifs is 1. The molecule has 10 unspecified atom stereocenters. The fourth-order valence-electron chi connectivity index (χ4n) is 6.27. The Morgan fingerprint density at radius 3 is 1.92 bits per heavy atom. The van der Waals surface area contributed by atoms with E-state index in [0.29, 0.717) is 5.56 Å². The fraction of sp³-hybridized carbons (Fsp3) is 0.316. The van der Waals surface area contributed by atoms with Crippen LogP contribution in [0, 0.1) is 0 Å². The molecule has 4 aromatic rings. The lowest BCUT2D eigenvalue weighted by Crippen LogP contribution is -2.66. The average molecular weight is 829 g/mol. The van der Waals surface area contributed by atoms with E-state index in [4.69, 9.17) is 37.6 Å². The fourth-order valence-corrected chi connectivity index (χ4v) is 6.27. The number of aliphatic hydroxyl groups is 4. The quantitative estimate of drug-likeness (QED) is 0.0672. The predicted molar refractivity (Wildman–Crippen MR) is 193 cm³/mol. The molecule has 3 heterocycles. The smallest absolute Gasteiger partial charge is 0.335 e. The maximum atomic E-state index is 13.1. The third kappa shape index (κ3) is 8.71. The summed E-state index contributed by atoms with van der Waals surface area (Å²) in [6.45, 7) is 0. The van der Waals surface area contributed by atoms with E-state index in [0.717, 1.165) is 24.3 Å². The molecule has 6 rings (SSSR count). The molecule has 314 valence electrons. The molecule has 9 N–H and O–H groups in total. The summed E-state index contributed by atoms with van der Waals surface area (Å²) in [5, 5.41) is 93.3. The molecule has 0 bridgehead atoms. The van der Waals surface area contributed by atoms with Crippen molar-refractivity contribution < 1.29 is 97.9 Å². The minimum absolute atomic E-state index is 0.0432. The molecule has 1 aromatic heterocycles. The van der Waals surface area contributed by atoms with Crippen molar-refractivity contribution in [2.24, 2.45) is 0 Å². The molecule has 0 radical (unpaired) electrons. The molecule has 2 saturated heterocycles. The van der Waals surface area contributed by atoms with Crippen molar-refractivity contribution in [1.29, 1.82) is 0 Å². The van der Waals surface area contributed by atoms with Crippen LogP contribution in [-0.4, -0.2) is 139 Å². The Morgan fingerprint density at radius 2 is 1.29 bits per heavy atom. The Bertz CT molecular complexity index is 2320. The van der Waals surface area contributed by atoms with E-state index < -0.39 is 96.2 Å². The van der Waals surface area contributed by atoms with E-state index in [2.05, 4.69) is 0 Å². The highest BCUT2D eigenvalue weighted by Crippen LogP contribution is 2.37. The maximum absolute atomic E-state index is 13.1. The predicted octanol–water partition coefficient (Wildman–Crippen LogP) is 0.0458.